The number of halogens is 2. The summed E-state index contributed by atoms with van der Waals surface area (Å²) in [7, 11) is -3.54. The lowest BCUT2D eigenvalue weighted by molar-refractivity contribution is -0.118. The smallest absolute Gasteiger partial charge is 0.243 e. The van der Waals surface area contributed by atoms with Crippen LogP contribution in [0.3, 0.4) is 0 Å². The fraction of sp³-hybridized carbons (Fsp3) is 0.611. The van der Waals surface area contributed by atoms with Gasteiger partial charge in [0.05, 0.1) is 10.9 Å². The molecule has 0 aliphatic carbocycles. The maximum Gasteiger partial charge on any atom is 0.243 e. The Bertz CT molecular complexity index is 734. The number of rotatable bonds is 5. The molecule has 1 amide bonds. The third-order valence-corrected chi connectivity index (χ3v) is 7.04. The Labute approximate surface area is 180 Å². The van der Waals surface area contributed by atoms with Crippen LogP contribution in [-0.4, -0.2) is 68.8 Å². The topological polar surface area (TPSA) is 81.8 Å². The number of carbonyl (C=O) groups is 1. The normalized spacial score (nSPS) is 21.2. The van der Waals surface area contributed by atoms with E-state index in [1.54, 1.807) is 24.3 Å². The van der Waals surface area contributed by atoms with Crippen LogP contribution in [0.4, 0.5) is 5.69 Å². The van der Waals surface area contributed by atoms with Crippen molar-refractivity contribution < 1.29 is 13.2 Å². The first-order valence-electron chi connectivity index (χ1n) is 9.37. The van der Waals surface area contributed by atoms with Crippen LogP contribution in [0.5, 0.6) is 0 Å². The monoisotopic (exact) mass is 452 g/mol. The number of likely N-dealkylation sites (N-methyl/N-ethyl adjacent to an activating group) is 1. The highest BCUT2D eigenvalue weighted by atomic mass is 35.5. The molecule has 0 saturated carbocycles. The number of amides is 1. The van der Waals surface area contributed by atoms with E-state index in [1.807, 2.05) is 0 Å². The van der Waals surface area contributed by atoms with Crippen molar-refractivity contribution in [2.75, 3.05) is 44.6 Å². The lowest BCUT2D eigenvalue weighted by Crippen LogP contribution is -2.48. The van der Waals surface area contributed by atoms with Gasteiger partial charge in [-0.25, -0.2) is 8.42 Å². The molecule has 2 aliphatic heterocycles. The average Bonchev–Trinajstić information content (AvgIpc) is 2.69. The van der Waals surface area contributed by atoms with Crippen LogP contribution in [0.2, 0.25) is 0 Å². The largest absolute Gasteiger partial charge is 0.325 e. The van der Waals surface area contributed by atoms with Gasteiger partial charge < -0.3 is 15.5 Å². The second kappa shape index (κ2) is 11.3. The zero-order valence-corrected chi connectivity index (χ0v) is 18.5. The molecule has 10 heteroatoms. The van der Waals surface area contributed by atoms with Gasteiger partial charge in [0, 0.05) is 31.9 Å². The zero-order chi connectivity index (χ0) is 18.6. The second-order valence-electron chi connectivity index (χ2n) is 6.86. The number of nitrogens with zero attached hydrogens (tertiary/aromatic N) is 2. The molecule has 7 nitrogen and oxygen atoms in total. The van der Waals surface area contributed by atoms with Gasteiger partial charge in [0.15, 0.2) is 0 Å². The number of nitrogens with one attached hydrogen (secondary N) is 2. The van der Waals surface area contributed by atoms with Crippen LogP contribution < -0.4 is 10.6 Å². The standard InChI is InChI=1S/C18H28N4O3S.2ClH/c1-2-21-10-12-22(13-11-21)26(24,25)16-7-5-6-15(14-16)20-18(23)17-8-3-4-9-19-17;;/h5-7,14,17,19H,2-4,8-13H2,1H3,(H,20,23);2*1H/t17-;;/m1../s1. The molecule has 2 saturated heterocycles. The van der Waals surface area contributed by atoms with Gasteiger partial charge >= 0.3 is 0 Å². The van der Waals surface area contributed by atoms with Crippen LogP contribution in [0.15, 0.2) is 29.2 Å². The molecule has 28 heavy (non-hydrogen) atoms. The first kappa shape index (κ1) is 25.1. The minimum Gasteiger partial charge on any atom is -0.325 e. The molecule has 1 aromatic rings. The first-order valence-corrected chi connectivity index (χ1v) is 10.8. The SMILES string of the molecule is CCN1CCN(S(=O)(=O)c2cccc(NC(=O)[C@H]3CCCCN3)c2)CC1.Cl.Cl. The number of anilines is 1. The Balaban J connectivity index is 0.00000196. The summed E-state index contributed by atoms with van der Waals surface area (Å²) in [5, 5.41) is 6.05. The Morgan fingerprint density at radius 1 is 1.18 bits per heavy atom. The number of benzene rings is 1. The van der Waals surface area contributed by atoms with Crippen LogP contribution in [-0.2, 0) is 14.8 Å². The molecule has 0 bridgehead atoms. The number of hydrogen-bond acceptors (Lipinski definition) is 5. The van der Waals surface area contributed by atoms with Gasteiger partial charge in [-0.05, 0) is 44.1 Å². The van der Waals surface area contributed by atoms with Crippen molar-refractivity contribution >= 4 is 46.4 Å². The van der Waals surface area contributed by atoms with Crippen molar-refractivity contribution in [1.82, 2.24) is 14.5 Å². The number of sulfonamides is 1. The van der Waals surface area contributed by atoms with Crippen molar-refractivity contribution in [2.24, 2.45) is 0 Å². The van der Waals surface area contributed by atoms with Gasteiger partial charge in [0.1, 0.15) is 0 Å². The summed E-state index contributed by atoms with van der Waals surface area (Å²) in [6.07, 6.45) is 2.93. The number of piperazine rings is 1. The predicted octanol–water partition coefficient (Wildman–Crippen LogP) is 1.94. The summed E-state index contributed by atoms with van der Waals surface area (Å²) in [5.41, 5.74) is 0.524. The molecule has 2 aliphatic rings. The highest BCUT2D eigenvalue weighted by Crippen LogP contribution is 2.21. The van der Waals surface area contributed by atoms with Crippen molar-refractivity contribution in [3.05, 3.63) is 24.3 Å². The number of hydrogen-bond donors (Lipinski definition) is 2. The molecule has 0 spiro atoms. The van der Waals surface area contributed by atoms with Gasteiger partial charge in [-0.3, -0.25) is 4.79 Å². The summed E-state index contributed by atoms with van der Waals surface area (Å²) < 4.78 is 27.3. The second-order valence-corrected chi connectivity index (χ2v) is 8.80. The van der Waals surface area contributed by atoms with E-state index in [9.17, 15) is 13.2 Å². The molecule has 0 radical (unpaired) electrons. The molecule has 0 aromatic heterocycles. The number of carbonyl (C=O) groups excluding carboxylic acids is 1. The van der Waals surface area contributed by atoms with Gasteiger partial charge in [-0.15, -0.1) is 24.8 Å². The lowest BCUT2D eigenvalue weighted by Gasteiger charge is -2.33. The number of piperidine rings is 1. The van der Waals surface area contributed by atoms with E-state index < -0.39 is 10.0 Å². The first-order chi connectivity index (χ1) is 12.5. The van der Waals surface area contributed by atoms with Crippen LogP contribution in [0.1, 0.15) is 26.2 Å². The lowest BCUT2D eigenvalue weighted by atomic mass is 10.0. The maximum absolute atomic E-state index is 12.9. The molecular weight excluding hydrogens is 423 g/mol. The zero-order valence-electron chi connectivity index (χ0n) is 16.1. The minimum atomic E-state index is -3.54. The van der Waals surface area contributed by atoms with Gasteiger partial charge in [-0.2, -0.15) is 4.31 Å². The molecule has 1 aromatic carbocycles. The summed E-state index contributed by atoms with van der Waals surface area (Å²) in [4.78, 5) is 14.8. The summed E-state index contributed by atoms with van der Waals surface area (Å²) in [6, 6.07) is 6.36. The molecule has 160 valence electrons. The Hall–Kier alpha value is -0.900. The van der Waals surface area contributed by atoms with Crippen molar-refractivity contribution in [3.63, 3.8) is 0 Å². The molecule has 0 unspecified atom stereocenters. The molecule has 2 fully saturated rings. The van der Waals surface area contributed by atoms with Crippen LogP contribution in [0, 0.1) is 0 Å². The van der Waals surface area contributed by atoms with Crippen molar-refractivity contribution in [2.45, 2.75) is 37.1 Å². The van der Waals surface area contributed by atoms with Crippen LogP contribution in [0.25, 0.3) is 0 Å². The fourth-order valence-electron chi connectivity index (χ4n) is 3.47. The maximum atomic E-state index is 12.9. The summed E-state index contributed by atoms with van der Waals surface area (Å²) in [6.45, 7) is 6.36. The van der Waals surface area contributed by atoms with E-state index >= 15 is 0 Å². The van der Waals surface area contributed by atoms with E-state index in [0.29, 0.717) is 18.8 Å². The van der Waals surface area contributed by atoms with E-state index in [1.165, 1.54) is 4.31 Å². The van der Waals surface area contributed by atoms with Gasteiger partial charge in [0.2, 0.25) is 15.9 Å². The minimum absolute atomic E-state index is 0. The summed E-state index contributed by atoms with van der Waals surface area (Å²) >= 11 is 0. The van der Waals surface area contributed by atoms with Crippen LogP contribution >= 0.6 is 24.8 Å². The van der Waals surface area contributed by atoms with Gasteiger partial charge in [-0.1, -0.05) is 19.4 Å². The molecular formula is C18H30Cl2N4O3S. The third kappa shape index (κ3) is 6.05. The third-order valence-electron chi connectivity index (χ3n) is 5.14. The highest BCUT2D eigenvalue weighted by Gasteiger charge is 2.28. The molecule has 2 N–H and O–H groups in total. The van der Waals surface area contributed by atoms with E-state index in [0.717, 1.165) is 45.4 Å². The Kier molecular flexibility index (Phi) is 10.2. The van der Waals surface area contributed by atoms with E-state index in [-0.39, 0.29) is 41.7 Å². The quantitative estimate of drug-likeness (QED) is 0.712. The van der Waals surface area contributed by atoms with Gasteiger partial charge in [0.25, 0.3) is 0 Å². The Morgan fingerprint density at radius 2 is 1.89 bits per heavy atom. The highest BCUT2D eigenvalue weighted by molar-refractivity contribution is 7.89. The summed E-state index contributed by atoms with van der Waals surface area (Å²) in [5.74, 6) is -0.101. The van der Waals surface area contributed by atoms with E-state index in [4.69, 9.17) is 0 Å². The van der Waals surface area contributed by atoms with E-state index in [2.05, 4.69) is 22.5 Å². The Morgan fingerprint density at radius 3 is 2.50 bits per heavy atom. The van der Waals surface area contributed by atoms with Crippen molar-refractivity contribution in [3.8, 4) is 0 Å². The predicted molar refractivity (Wildman–Crippen MR) is 116 cm³/mol. The van der Waals surface area contributed by atoms with Crippen molar-refractivity contribution in [1.29, 1.82) is 0 Å². The molecule has 1 atom stereocenters. The average molecular weight is 453 g/mol. The molecule has 3 rings (SSSR count). The molecule has 2 heterocycles. The fourth-order valence-corrected chi connectivity index (χ4v) is 4.94.